The molecule has 1 rings (SSSR count). The van der Waals surface area contributed by atoms with E-state index in [4.69, 9.17) is 0 Å². The molecule has 1 heterocycles. The molecule has 0 amide bonds. The Kier molecular flexibility index (Phi) is 4.40. The van der Waals surface area contributed by atoms with Gasteiger partial charge in [0.15, 0.2) is 6.10 Å². The van der Waals surface area contributed by atoms with Gasteiger partial charge in [-0.05, 0) is 28.9 Å². The summed E-state index contributed by atoms with van der Waals surface area (Å²) in [5, 5.41) is 10.9. The minimum Gasteiger partial charge on any atom is -0.461 e. The summed E-state index contributed by atoms with van der Waals surface area (Å²) in [4.78, 5) is 11.0. The summed E-state index contributed by atoms with van der Waals surface area (Å²) in [6, 6.07) is 1.34. The van der Waals surface area contributed by atoms with Crippen molar-refractivity contribution in [1.82, 2.24) is 0 Å². The Balaban J connectivity index is 2.87. The minimum absolute atomic E-state index is 0.00456. The number of rotatable bonds is 4. The van der Waals surface area contributed by atoms with Gasteiger partial charge in [0.05, 0.1) is 6.61 Å². The maximum absolute atomic E-state index is 13.4. The van der Waals surface area contributed by atoms with Gasteiger partial charge in [-0.25, -0.2) is 4.79 Å². The number of alkyl halides is 2. The van der Waals surface area contributed by atoms with E-state index in [2.05, 4.69) is 20.7 Å². The molecule has 3 nitrogen and oxygen atoms in total. The molecule has 16 heavy (non-hydrogen) atoms. The Labute approximate surface area is 103 Å². The second kappa shape index (κ2) is 5.20. The van der Waals surface area contributed by atoms with E-state index >= 15 is 0 Å². The summed E-state index contributed by atoms with van der Waals surface area (Å²) in [7, 11) is 0. The first-order valence-corrected chi connectivity index (χ1v) is 6.04. The van der Waals surface area contributed by atoms with E-state index in [0.717, 1.165) is 11.3 Å². The predicted octanol–water partition coefficient (Wildman–Crippen LogP) is 2.74. The van der Waals surface area contributed by atoms with Gasteiger partial charge in [-0.15, -0.1) is 11.3 Å². The summed E-state index contributed by atoms with van der Waals surface area (Å²) in [6.07, 6.45) is -2.18. The van der Waals surface area contributed by atoms with Crippen LogP contribution in [0.5, 0.6) is 0 Å². The summed E-state index contributed by atoms with van der Waals surface area (Å²) in [6.45, 7) is 1.26. The van der Waals surface area contributed by atoms with Crippen LogP contribution in [0.4, 0.5) is 8.78 Å². The number of ether oxygens (including phenoxy) is 1. The molecule has 7 heteroatoms. The highest BCUT2D eigenvalue weighted by Crippen LogP contribution is 2.36. The fourth-order valence-electron chi connectivity index (χ4n) is 0.989. The molecular formula is C9H9BrF2O3S. The first-order valence-electron chi connectivity index (χ1n) is 4.36. The minimum atomic E-state index is -3.93. The quantitative estimate of drug-likeness (QED) is 0.869. The van der Waals surface area contributed by atoms with E-state index in [-0.39, 0.29) is 11.5 Å². The zero-order valence-electron chi connectivity index (χ0n) is 8.25. The zero-order chi connectivity index (χ0) is 12.3. The maximum atomic E-state index is 13.4. The fourth-order valence-corrected chi connectivity index (χ4v) is 2.46. The molecule has 1 aromatic rings. The molecule has 1 unspecified atom stereocenters. The first-order chi connectivity index (χ1) is 7.39. The number of carbonyl (C=O) groups excluding carboxylic acids is 1. The molecule has 1 atom stereocenters. The second-order valence-corrected chi connectivity index (χ2v) is 4.77. The van der Waals surface area contributed by atoms with E-state index in [9.17, 15) is 18.7 Å². The predicted molar refractivity (Wildman–Crippen MR) is 58.6 cm³/mol. The highest BCUT2D eigenvalue weighted by Gasteiger charge is 2.49. The van der Waals surface area contributed by atoms with Crippen LogP contribution in [-0.2, 0) is 9.53 Å². The van der Waals surface area contributed by atoms with Crippen molar-refractivity contribution in [2.75, 3.05) is 6.61 Å². The summed E-state index contributed by atoms with van der Waals surface area (Å²) in [5.41, 5.74) is 0. The number of carbonyl (C=O) groups is 1. The lowest BCUT2D eigenvalue weighted by Crippen LogP contribution is -2.37. The molecule has 0 aliphatic heterocycles. The Morgan fingerprint density at radius 1 is 1.75 bits per heavy atom. The van der Waals surface area contributed by atoms with Crippen molar-refractivity contribution in [3.63, 3.8) is 0 Å². The van der Waals surface area contributed by atoms with E-state index in [0.29, 0.717) is 4.47 Å². The zero-order valence-corrected chi connectivity index (χ0v) is 10.6. The fraction of sp³-hybridized carbons (Fsp3) is 0.444. The van der Waals surface area contributed by atoms with Gasteiger partial charge >= 0.3 is 11.9 Å². The molecule has 1 N–H and O–H groups in total. The van der Waals surface area contributed by atoms with Crippen molar-refractivity contribution < 1.29 is 23.4 Å². The molecule has 0 radical (unpaired) electrons. The van der Waals surface area contributed by atoms with E-state index in [1.54, 1.807) is 5.38 Å². The molecule has 0 saturated carbocycles. The van der Waals surface area contributed by atoms with Gasteiger partial charge < -0.3 is 9.84 Å². The molecule has 0 fully saturated rings. The summed E-state index contributed by atoms with van der Waals surface area (Å²) < 4.78 is 31.5. The molecule has 90 valence electrons. The largest absolute Gasteiger partial charge is 0.461 e. The number of esters is 1. The first kappa shape index (κ1) is 13.5. The van der Waals surface area contributed by atoms with Gasteiger partial charge in [0, 0.05) is 14.7 Å². The van der Waals surface area contributed by atoms with E-state index < -0.39 is 18.0 Å². The number of hydrogen-bond donors (Lipinski definition) is 1. The van der Waals surface area contributed by atoms with Crippen LogP contribution in [0, 0.1) is 0 Å². The molecule has 0 aromatic carbocycles. The van der Waals surface area contributed by atoms with Crippen molar-refractivity contribution in [3.8, 4) is 0 Å². The van der Waals surface area contributed by atoms with Crippen molar-refractivity contribution in [2.45, 2.75) is 19.0 Å². The number of thiophene rings is 1. The average Bonchev–Trinajstić information content (AvgIpc) is 2.64. The van der Waals surface area contributed by atoms with Gasteiger partial charge in [-0.2, -0.15) is 8.78 Å². The number of halogens is 3. The molecule has 0 bridgehead atoms. The van der Waals surface area contributed by atoms with Gasteiger partial charge in [-0.3, -0.25) is 0 Å². The van der Waals surface area contributed by atoms with Crippen LogP contribution >= 0.6 is 27.3 Å². The van der Waals surface area contributed by atoms with Crippen LogP contribution in [0.15, 0.2) is 15.9 Å². The molecule has 0 saturated heterocycles. The lowest BCUT2D eigenvalue weighted by atomic mass is 10.1. The lowest BCUT2D eigenvalue weighted by Gasteiger charge is -2.19. The normalized spacial score (nSPS) is 13.6. The SMILES string of the molecule is CCOC(=O)C(F)(F)C(O)c1cc(Br)cs1. The Morgan fingerprint density at radius 2 is 2.38 bits per heavy atom. The molecule has 0 aliphatic carbocycles. The van der Waals surface area contributed by atoms with Gasteiger partial charge in [-0.1, -0.05) is 0 Å². The third kappa shape index (κ3) is 2.78. The molecule has 0 aliphatic rings. The lowest BCUT2D eigenvalue weighted by molar-refractivity contribution is -0.188. The van der Waals surface area contributed by atoms with E-state index in [1.165, 1.54) is 13.0 Å². The highest BCUT2D eigenvalue weighted by atomic mass is 79.9. The third-order valence-electron chi connectivity index (χ3n) is 1.75. The summed E-state index contributed by atoms with van der Waals surface area (Å²) in [5.74, 6) is -5.65. The van der Waals surface area contributed by atoms with Crippen LogP contribution in [0.2, 0.25) is 0 Å². The maximum Gasteiger partial charge on any atom is 0.380 e. The number of aliphatic hydroxyl groups is 1. The number of hydrogen-bond acceptors (Lipinski definition) is 4. The molecule has 0 spiro atoms. The van der Waals surface area contributed by atoms with Crippen molar-refractivity contribution in [1.29, 1.82) is 0 Å². The topological polar surface area (TPSA) is 46.5 Å². The summed E-state index contributed by atoms with van der Waals surface area (Å²) >= 11 is 4.01. The average molecular weight is 315 g/mol. The Morgan fingerprint density at radius 3 is 2.81 bits per heavy atom. The van der Waals surface area contributed by atoms with Crippen LogP contribution in [0.1, 0.15) is 17.9 Å². The van der Waals surface area contributed by atoms with Gasteiger partial charge in [0.25, 0.3) is 0 Å². The van der Waals surface area contributed by atoms with Gasteiger partial charge in [0.2, 0.25) is 0 Å². The van der Waals surface area contributed by atoms with Crippen molar-refractivity contribution in [2.24, 2.45) is 0 Å². The van der Waals surface area contributed by atoms with Crippen LogP contribution < -0.4 is 0 Å². The third-order valence-corrected chi connectivity index (χ3v) is 3.49. The van der Waals surface area contributed by atoms with Gasteiger partial charge in [0.1, 0.15) is 0 Å². The Hall–Kier alpha value is -0.530. The highest BCUT2D eigenvalue weighted by molar-refractivity contribution is 9.10. The van der Waals surface area contributed by atoms with Crippen LogP contribution in [0.3, 0.4) is 0 Å². The molecular weight excluding hydrogens is 306 g/mol. The van der Waals surface area contributed by atoms with Crippen LogP contribution in [0.25, 0.3) is 0 Å². The second-order valence-electron chi connectivity index (χ2n) is 2.91. The van der Waals surface area contributed by atoms with E-state index in [1.807, 2.05) is 0 Å². The monoisotopic (exact) mass is 314 g/mol. The molecule has 1 aromatic heterocycles. The number of aliphatic hydroxyl groups excluding tert-OH is 1. The van der Waals surface area contributed by atoms with Crippen LogP contribution in [-0.4, -0.2) is 23.6 Å². The van der Waals surface area contributed by atoms with Crippen molar-refractivity contribution >= 4 is 33.2 Å². The van der Waals surface area contributed by atoms with Crippen molar-refractivity contribution in [3.05, 3.63) is 20.8 Å². The Bertz CT molecular complexity index is 381. The smallest absolute Gasteiger partial charge is 0.380 e. The standard InChI is InChI=1S/C9H9BrF2O3S/c1-2-15-8(14)9(11,12)7(13)6-3-5(10)4-16-6/h3-4,7,13H,2H2,1H3.